The second-order valence-corrected chi connectivity index (χ2v) is 5.61. The fourth-order valence-electron chi connectivity index (χ4n) is 2.36. The van der Waals surface area contributed by atoms with Gasteiger partial charge >= 0.3 is 0 Å². The van der Waals surface area contributed by atoms with E-state index in [4.69, 9.17) is 9.47 Å². The lowest BCUT2D eigenvalue weighted by Gasteiger charge is -2.06. The summed E-state index contributed by atoms with van der Waals surface area (Å²) in [6.45, 7) is 0. The second kappa shape index (κ2) is 9.24. The van der Waals surface area contributed by atoms with E-state index in [1.807, 2.05) is 0 Å². The molecule has 0 unspecified atom stereocenters. The van der Waals surface area contributed by atoms with E-state index in [2.05, 4.69) is 0 Å². The predicted molar refractivity (Wildman–Crippen MR) is 102 cm³/mol. The van der Waals surface area contributed by atoms with Crippen LogP contribution in [-0.2, 0) is 9.59 Å². The molecule has 2 rings (SSSR count). The number of methoxy groups -OCH3 is 2. The topological polar surface area (TPSA) is 93.1 Å². The smallest absolute Gasteiger partial charge is 0.167 e. The number of carbonyl (C=O) groups is 2. The van der Waals surface area contributed by atoms with E-state index in [1.54, 1.807) is 30.3 Å². The summed E-state index contributed by atoms with van der Waals surface area (Å²) in [5.41, 5.74) is 1.19. The molecule has 140 valence electrons. The Morgan fingerprint density at radius 3 is 2.30 bits per heavy atom. The Hall–Kier alpha value is -3.54. The van der Waals surface area contributed by atoms with Gasteiger partial charge in [0.05, 0.1) is 20.6 Å². The molecule has 0 amide bonds. The van der Waals surface area contributed by atoms with E-state index < -0.39 is 0 Å². The lowest BCUT2D eigenvalue weighted by Crippen LogP contribution is -2.02. The lowest BCUT2D eigenvalue weighted by molar-refractivity contribution is -0.121. The Bertz CT molecular complexity index is 896. The average Bonchev–Trinajstić information content (AvgIpc) is 2.65. The Kier molecular flexibility index (Phi) is 6.77. The number of hydrogen-bond donors (Lipinski definition) is 2. The van der Waals surface area contributed by atoms with Crippen molar-refractivity contribution < 1.29 is 29.3 Å². The highest BCUT2D eigenvalue weighted by Gasteiger charge is 2.08. The Morgan fingerprint density at radius 1 is 0.926 bits per heavy atom. The summed E-state index contributed by atoms with van der Waals surface area (Å²) < 4.78 is 10.1. The summed E-state index contributed by atoms with van der Waals surface area (Å²) in [5.74, 6) is -0.213. The van der Waals surface area contributed by atoms with Crippen molar-refractivity contribution in [3.8, 4) is 23.0 Å². The van der Waals surface area contributed by atoms with Gasteiger partial charge in [-0.25, -0.2) is 0 Å². The van der Waals surface area contributed by atoms with E-state index in [1.165, 1.54) is 44.6 Å². The van der Waals surface area contributed by atoms with Crippen molar-refractivity contribution in [1.82, 2.24) is 0 Å². The Labute approximate surface area is 157 Å². The molecule has 0 aliphatic heterocycles. The quantitative estimate of drug-likeness (QED) is 0.548. The van der Waals surface area contributed by atoms with Gasteiger partial charge in [0.1, 0.15) is 0 Å². The maximum absolute atomic E-state index is 12.0. The number of ether oxygens (including phenoxy) is 2. The zero-order valence-corrected chi connectivity index (χ0v) is 15.0. The van der Waals surface area contributed by atoms with Gasteiger partial charge in [-0.2, -0.15) is 0 Å². The third kappa shape index (κ3) is 5.47. The monoisotopic (exact) mass is 368 g/mol. The van der Waals surface area contributed by atoms with Crippen molar-refractivity contribution in [2.75, 3.05) is 14.2 Å². The van der Waals surface area contributed by atoms with Gasteiger partial charge in [-0.05, 0) is 42.0 Å². The summed E-state index contributed by atoms with van der Waals surface area (Å²) in [4.78, 5) is 23.9. The maximum Gasteiger partial charge on any atom is 0.167 e. The van der Waals surface area contributed by atoms with Gasteiger partial charge in [0.2, 0.25) is 0 Å². The number of benzene rings is 2. The van der Waals surface area contributed by atoms with Crippen LogP contribution in [-0.4, -0.2) is 36.0 Å². The number of hydrogen-bond acceptors (Lipinski definition) is 6. The van der Waals surface area contributed by atoms with Crippen molar-refractivity contribution in [3.63, 3.8) is 0 Å². The van der Waals surface area contributed by atoms with E-state index in [0.717, 1.165) is 0 Å². The minimum Gasteiger partial charge on any atom is -0.504 e. The van der Waals surface area contributed by atoms with Gasteiger partial charge in [0, 0.05) is 5.56 Å². The van der Waals surface area contributed by atoms with Gasteiger partial charge < -0.3 is 19.7 Å². The number of phenolic OH excluding ortho intramolecular Hbond substituents is 2. The summed E-state index contributed by atoms with van der Waals surface area (Å²) >= 11 is 0. The molecule has 0 aliphatic carbocycles. The molecule has 2 aromatic carbocycles. The van der Waals surface area contributed by atoms with Crippen molar-refractivity contribution in [3.05, 3.63) is 59.7 Å². The van der Waals surface area contributed by atoms with E-state index in [9.17, 15) is 19.8 Å². The molecular formula is C21H20O6. The molecule has 2 N–H and O–H groups in total. The first-order valence-corrected chi connectivity index (χ1v) is 8.09. The highest BCUT2D eigenvalue weighted by atomic mass is 16.5. The number of carbonyl (C=O) groups excluding carboxylic acids is 2. The van der Waals surface area contributed by atoms with Crippen LogP contribution in [0, 0.1) is 0 Å². The lowest BCUT2D eigenvalue weighted by atomic mass is 10.1. The maximum atomic E-state index is 12.0. The summed E-state index contributed by atoms with van der Waals surface area (Å²) in [6, 6.07) is 9.45. The zero-order valence-electron chi connectivity index (χ0n) is 15.0. The molecule has 0 atom stereocenters. The van der Waals surface area contributed by atoms with Crippen LogP contribution in [0.1, 0.15) is 17.5 Å². The van der Waals surface area contributed by atoms with Crippen molar-refractivity contribution in [2.45, 2.75) is 6.42 Å². The number of phenols is 2. The molecule has 0 saturated carbocycles. The fourth-order valence-corrected chi connectivity index (χ4v) is 2.36. The summed E-state index contributed by atoms with van der Waals surface area (Å²) in [5, 5.41) is 19.2. The van der Waals surface area contributed by atoms with Crippen LogP contribution in [0.15, 0.2) is 48.6 Å². The van der Waals surface area contributed by atoms with Gasteiger partial charge in [-0.15, -0.1) is 0 Å². The second-order valence-electron chi connectivity index (χ2n) is 5.61. The van der Waals surface area contributed by atoms with Gasteiger partial charge in [0.25, 0.3) is 0 Å². The SMILES string of the molecule is COc1cc(C=CC(=O)CC(=O)C=Cc2cccc(O)c2OC)ccc1O. The molecule has 0 fully saturated rings. The first-order valence-electron chi connectivity index (χ1n) is 8.09. The van der Waals surface area contributed by atoms with E-state index >= 15 is 0 Å². The Morgan fingerprint density at radius 2 is 1.63 bits per heavy atom. The highest BCUT2D eigenvalue weighted by molar-refractivity contribution is 6.11. The van der Waals surface area contributed by atoms with E-state index in [0.29, 0.717) is 16.9 Å². The Balaban J connectivity index is 2.00. The van der Waals surface area contributed by atoms with Gasteiger partial charge in [-0.1, -0.05) is 24.3 Å². The first-order chi connectivity index (χ1) is 12.9. The van der Waals surface area contributed by atoms with E-state index in [-0.39, 0.29) is 35.2 Å². The number of allylic oxidation sites excluding steroid dienone is 2. The number of para-hydroxylation sites is 1. The summed E-state index contributed by atoms with van der Waals surface area (Å²) in [6.07, 6.45) is 5.31. The van der Waals surface area contributed by atoms with Crippen molar-refractivity contribution >= 4 is 23.7 Å². The van der Waals surface area contributed by atoms with Crippen LogP contribution in [0.25, 0.3) is 12.2 Å². The van der Waals surface area contributed by atoms with Crippen LogP contribution < -0.4 is 9.47 Å². The summed E-state index contributed by atoms with van der Waals surface area (Å²) in [7, 11) is 2.85. The fraction of sp³-hybridized carbons (Fsp3) is 0.143. The molecule has 6 heteroatoms. The standard InChI is InChI=1S/C21H20O6/c1-26-20-12-14(7-11-18(20)24)6-9-16(22)13-17(23)10-8-15-4-3-5-19(25)21(15)27-2/h3-12,24-25H,13H2,1-2H3. The number of aromatic hydroxyl groups is 2. The van der Waals surface area contributed by atoms with Crippen molar-refractivity contribution in [1.29, 1.82) is 0 Å². The molecule has 0 bridgehead atoms. The molecule has 0 saturated heterocycles. The average molecular weight is 368 g/mol. The normalized spacial score (nSPS) is 11.0. The van der Waals surface area contributed by atoms with Gasteiger partial charge in [-0.3, -0.25) is 9.59 Å². The van der Waals surface area contributed by atoms with Crippen LogP contribution in [0.5, 0.6) is 23.0 Å². The molecule has 27 heavy (non-hydrogen) atoms. The minimum atomic E-state index is -0.377. The predicted octanol–water partition coefficient (Wildman–Crippen LogP) is 3.37. The van der Waals surface area contributed by atoms with Gasteiger partial charge in [0.15, 0.2) is 34.6 Å². The zero-order chi connectivity index (χ0) is 19.8. The van der Waals surface area contributed by atoms with Crippen LogP contribution in [0.2, 0.25) is 0 Å². The largest absolute Gasteiger partial charge is 0.504 e. The molecule has 0 spiro atoms. The molecule has 0 aromatic heterocycles. The molecule has 0 radical (unpaired) electrons. The number of rotatable bonds is 8. The van der Waals surface area contributed by atoms with Crippen molar-refractivity contribution in [2.24, 2.45) is 0 Å². The van der Waals surface area contributed by atoms with Crippen LogP contribution in [0.4, 0.5) is 0 Å². The van der Waals surface area contributed by atoms with Crippen LogP contribution >= 0.6 is 0 Å². The molecule has 6 nitrogen and oxygen atoms in total. The highest BCUT2D eigenvalue weighted by Crippen LogP contribution is 2.30. The molecule has 0 heterocycles. The minimum absolute atomic E-state index is 0.00340. The van der Waals surface area contributed by atoms with Crippen LogP contribution in [0.3, 0.4) is 0 Å². The third-order valence-corrected chi connectivity index (χ3v) is 3.69. The molecule has 0 aliphatic rings. The molecular weight excluding hydrogens is 348 g/mol. The molecule has 2 aromatic rings. The first kappa shape index (κ1) is 19.8. The third-order valence-electron chi connectivity index (χ3n) is 3.69. The number of ketones is 2.